The van der Waals surface area contributed by atoms with E-state index in [1.807, 2.05) is 105 Å². The molecule has 2 fully saturated rings. The summed E-state index contributed by atoms with van der Waals surface area (Å²) in [6.07, 6.45) is 3.42. The van der Waals surface area contributed by atoms with Crippen molar-refractivity contribution in [1.82, 2.24) is 25.0 Å². The van der Waals surface area contributed by atoms with Gasteiger partial charge in [0.15, 0.2) is 0 Å². The number of amides is 4. The number of rotatable bonds is 12. The summed E-state index contributed by atoms with van der Waals surface area (Å²) >= 11 is 0. The van der Waals surface area contributed by atoms with E-state index in [1.165, 1.54) is 0 Å². The zero-order valence-corrected chi connectivity index (χ0v) is 28.3. The van der Waals surface area contributed by atoms with E-state index in [4.69, 9.17) is 5.73 Å². The number of primary amides is 1. The first kappa shape index (κ1) is 33.9. The van der Waals surface area contributed by atoms with Gasteiger partial charge in [-0.2, -0.15) is 0 Å². The minimum atomic E-state index is -0.860. The topological polar surface area (TPSA) is 132 Å². The van der Waals surface area contributed by atoms with E-state index < -0.39 is 30.1 Å². The van der Waals surface area contributed by atoms with E-state index >= 15 is 4.79 Å². The van der Waals surface area contributed by atoms with E-state index in [0.29, 0.717) is 25.9 Å². The van der Waals surface area contributed by atoms with Gasteiger partial charge in [0.25, 0.3) is 0 Å². The Hall–Kier alpha value is -4.96. The van der Waals surface area contributed by atoms with Gasteiger partial charge < -0.3 is 30.7 Å². The van der Waals surface area contributed by atoms with Gasteiger partial charge in [-0.15, -0.1) is 0 Å². The molecule has 0 radical (unpaired) electrons. The normalized spacial score (nSPS) is 19.8. The number of nitrogens with zero attached hydrogens (tertiary/aromatic N) is 3. The number of carbonyl (C=O) groups excluding carboxylic acids is 4. The molecule has 10 nitrogen and oxygen atoms in total. The van der Waals surface area contributed by atoms with Gasteiger partial charge in [0.1, 0.15) is 18.1 Å². The molecule has 4 amide bonds. The van der Waals surface area contributed by atoms with Crippen LogP contribution in [0.5, 0.6) is 0 Å². The van der Waals surface area contributed by atoms with Gasteiger partial charge in [-0.3, -0.25) is 19.2 Å². The van der Waals surface area contributed by atoms with Crippen molar-refractivity contribution < 1.29 is 19.2 Å². The standard InChI is InChI=1S/C39H46N6O4/c1-26(2)21-33(36(40)46)44-19-20-45(34(38(44)48)23-28-13-7-4-8-14-28)39(49)35(24-29-25-42-31-16-10-9-15-30(29)31)43-18-17-41-32(37(43)47)22-27-11-5-3-6-12-27/h3-16,25-26,32-35,41-42H,17-24H2,1-2H3,(H2,40,46). The van der Waals surface area contributed by atoms with Crippen LogP contribution in [0.1, 0.15) is 37.0 Å². The third-order valence-corrected chi connectivity index (χ3v) is 9.84. The lowest BCUT2D eigenvalue weighted by Gasteiger charge is -2.46. The van der Waals surface area contributed by atoms with Crippen molar-refractivity contribution in [2.75, 3.05) is 26.2 Å². The van der Waals surface area contributed by atoms with Crippen LogP contribution >= 0.6 is 0 Å². The first-order valence-electron chi connectivity index (χ1n) is 17.3. The molecule has 4 N–H and O–H groups in total. The maximum atomic E-state index is 15.0. The second-order valence-corrected chi connectivity index (χ2v) is 13.6. The monoisotopic (exact) mass is 662 g/mol. The Morgan fingerprint density at radius 1 is 0.796 bits per heavy atom. The molecule has 49 heavy (non-hydrogen) atoms. The van der Waals surface area contributed by atoms with Gasteiger partial charge in [-0.25, -0.2) is 0 Å². The number of hydrogen-bond acceptors (Lipinski definition) is 5. The number of aromatic nitrogens is 1. The summed E-state index contributed by atoms with van der Waals surface area (Å²) in [6, 6.07) is 24.4. The molecule has 2 aliphatic heterocycles. The van der Waals surface area contributed by atoms with Crippen LogP contribution in [0.4, 0.5) is 0 Å². The van der Waals surface area contributed by atoms with E-state index in [0.717, 1.165) is 27.6 Å². The van der Waals surface area contributed by atoms with Crippen LogP contribution < -0.4 is 11.1 Å². The van der Waals surface area contributed by atoms with Crippen molar-refractivity contribution in [2.45, 2.75) is 63.7 Å². The van der Waals surface area contributed by atoms with Crippen molar-refractivity contribution in [3.8, 4) is 0 Å². The SMILES string of the molecule is CC(C)CC(C(N)=O)N1CCN(C(=O)C(Cc2c[nH]c3ccccc23)N2CCNC(Cc3ccccc3)C2=O)C(Cc2ccccc2)C1=O. The highest BCUT2D eigenvalue weighted by molar-refractivity contribution is 5.96. The highest BCUT2D eigenvalue weighted by Crippen LogP contribution is 2.27. The molecular weight excluding hydrogens is 616 g/mol. The summed E-state index contributed by atoms with van der Waals surface area (Å²) < 4.78 is 0. The second-order valence-electron chi connectivity index (χ2n) is 13.6. The number of hydrogen-bond donors (Lipinski definition) is 3. The fourth-order valence-corrected chi connectivity index (χ4v) is 7.36. The molecule has 6 rings (SSSR count). The number of fused-ring (bicyclic) bond motifs is 1. The molecule has 2 saturated heterocycles. The molecule has 256 valence electrons. The number of benzene rings is 3. The van der Waals surface area contributed by atoms with Crippen LogP contribution in [-0.4, -0.2) is 93.7 Å². The van der Waals surface area contributed by atoms with E-state index in [2.05, 4.69) is 10.3 Å². The Morgan fingerprint density at radius 2 is 1.43 bits per heavy atom. The molecule has 0 saturated carbocycles. The lowest BCUT2D eigenvalue weighted by molar-refractivity contribution is -0.160. The van der Waals surface area contributed by atoms with Crippen molar-refractivity contribution >= 4 is 34.5 Å². The minimum absolute atomic E-state index is 0.136. The first-order valence-corrected chi connectivity index (χ1v) is 17.3. The fourth-order valence-electron chi connectivity index (χ4n) is 7.36. The number of nitrogens with two attached hydrogens (primary N) is 1. The predicted octanol–water partition coefficient (Wildman–Crippen LogP) is 3.30. The van der Waals surface area contributed by atoms with Crippen molar-refractivity contribution in [1.29, 1.82) is 0 Å². The third-order valence-electron chi connectivity index (χ3n) is 9.84. The summed E-state index contributed by atoms with van der Waals surface area (Å²) in [6.45, 7) is 5.29. The molecule has 4 aromatic rings. The lowest BCUT2D eigenvalue weighted by atomic mass is 9.94. The molecule has 3 heterocycles. The summed E-state index contributed by atoms with van der Waals surface area (Å²) in [4.78, 5) is 64.6. The Bertz CT molecular complexity index is 1770. The first-order chi connectivity index (χ1) is 23.7. The number of nitrogens with one attached hydrogen (secondary N) is 2. The largest absolute Gasteiger partial charge is 0.368 e. The maximum absolute atomic E-state index is 15.0. The van der Waals surface area contributed by atoms with Crippen molar-refractivity contribution in [3.63, 3.8) is 0 Å². The average Bonchev–Trinajstić information content (AvgIpc) is 3.51. The molecule has 10 heteroatoms. The molecule has 1 aromatic heterocycles. The Kier molecular flexibility index (Phi) is 10.4. The molecule has 0 bridgehead atoms. The summed E-state index contributed by atoms with van der Waals surface area (Å²) in [7, 11) is 0. The Labute approximate surface area is 287 Å². The third kappa shape index (κ3) is 7.54. The van der Waals surface area contributed by atoms with E-state index in [-0.39, 0.29) is 49.6 Å². The second kappa shape index (κ2) is 15.1. The number of para-hydroxylation sites is 1. The van der Waals surface area contributed by atoms with Crippen LogP contribution in [0.2, 0.25) is 0 Å². The van der Waals surface area contributed by atoms with Crippen LogP contribution in [0.15, 0.2) is 91.1 Å². The Balaban J connectivity index is 1.36. The highest BCUT2D eigenvalue weighted by atomic mass is 16.2. The maximum Gasteiger partial charge on any atom is 0.246 e. The van der Waals surface area contributed by atoms with Gasteiger partial charge >= 0.3 is 0 Å². The molecule has 2 aliphatic rings. The van der Waals surface area contributed by atoms with Gasteiger partial charge in [-0.1, -0.05) is 92.7 Å². The number of aromatic amines is 1. The summed E-state index contributed by atoms with van der Waals surface area (Å²) in [5.41, 5.74) is 9.66. The fraction of sp³-hybridized carbons (Fsp3) is 0.385. The van der Waals surface area contributed by atoms with Crippen molar-refractivity contribution in [2.24, 2.45) is 11.7 Å². The summed E-state index contributed by atoms with van der Waals surface area (Å²) in [5.74, 6) is -1.11. The predicted molar refractivity (Wildman–Crippen MR) is 189 cm³/mol. The molecule has 0 aliphatic carbocycles. The van der Waals surface area contributed by atoms with Gasteiger partial charge in [0, 0.05) is 56.1 Å². The molecule has 0 spiro atoms. The zero-order valence-electron chi connectivity index (χ0n) is 28.3. The van der Waals surface area contributed by atoms with Gasteiger partial charge in [-0.05, 0) is 41.5 Å². The van der Waals surface area contributed by atoms with Gasteiger partial charge in [0.2, 0.25) is 23.6 Å². The van der Waals surface area contributed by atoms with Crippen LogP contribution in [0, 0.1) is 5.92 Å². The number of H-pyrrole nitrogens is 1. The van der Waals surface area contributed by atoms with Crippen LogP contribution in [0.25, 0.3) is 10.9 Å². The van der Waals surface area contributed by atoms with Gasteiger partial charge in [0.05, 0.1) is 6.04 Å². The number of carbonyl (C=O) groups is 4. The minimum Gasteiger partial charge on any atom is -0.368 e. The quantitative estimate of drug-likeness (QED) is 0.214. The molecule has 4 unspecified atom stereocenters. The molecule has 3 aromatic carbocycles. The summed E-state index contributed by atoms with van der Waals surface area (Å²) in [5, 5.41) is 4.36. The zero-order chi connectivity index (χ0) is 34.5. The molecule has 4 atom stereocenters. The van der Waals surface area contributed by atoms with Crippen LogP contribution in [0.3, 0.4) is 0 Å². The molecular formula is C39H46N6O4. The van der Waals surface area contributed by atoms with Crippen LogP contribution in [-0.2, 0) is 38.4 Å². The lowest BCUT2D eigenvalue weighted by Crippen LogP contribution is -2.67. The van der Waals surface area contributed by atoms with Crippen molar-refractivity contribution in [3.05, 3.63) is 108 Å². The van der Waals surface area contributed by atoms with E-state index in [9.17, 15) is 14.4 Å². The highest BCUT2D eigenvalue weighted by Gasteiger charge is 2.46. The Morgan fingerprint density at radius 3 is 2.10 bits per heavy atom. The number of piperazine rings is 2. The van der Waals surface area contributed by atoms with E-state index in [1.54, 1.807) is 14.7 Å². The average molecular weight is 663 g/mol. The smallest absolute Gasteiger partial charge is 0.246 e.